The molecule has 6 aromatic heterocycles. The highest BCUT2D eigenvalue weighted by atomic mass is 32.1. The summed E-state index contributed by atoms with van der Waals surface area (Å²) in [6.45, 7) is 1.58. The number of rotatable bonds is 5. The second kappa shape index (κ2) is 7.89. The average Bonchev–Trinajstić information content (AvgIpc) is 3.61. The second-order valence-corrected chi connectivity index (χ2v) is 8.89. The zero-order chi connectivity index (χ0) is 23.2. The number of aromatic nitrogens is 6. The van der Waals surface area contributed by atoms with Gasteiger partial charge < -0.3 is 9.72 Å². The minimum absolute atomic E-state index is 0.0624. The van der Waals surface area contributed by atoms with Crippen LogP contribution in [0.2, 0.25) is 0 Å². The molecule has 0 saturated heterocycles. The number of nitrogens with zero attached hydrogens (tertiary/aromatic N) is 4. The number of H-pyrrole nitrogens is 2. The van der Waals surface area contributed by atoms with Crippen molar-refractivity contribution in [3.05, 3.63) is 65.9 Å². The number of fused-ring (bicyclic) bond motifs is 2. The van der Waals surface area contributed by atoms with Gasteiger partial charge in [0.2, 0.25) is 0 Å². The summed E-state index contributed by atoms with van der Waals surface area (Å²) in [4.78, 5) is 30.5. The van der Waals surface area contributed by atoms with Gasteiger partial charge in [-0.1, -0.05) is 0 Å². The maximum Gasteiger partial charge on any atom is 0.169 e. The van der Waals surface area contributed by atoms with Crippen LogP contribution < -0.4 is 4.74 Å². The van der Waals surface area contributed by atoms with E-state index in [2.05, 4.69) is 25.1 Å². The minimum atomic E-state index is 0.0624. The van der Waals surface area contributed by atoms with Crippen LogP contribution in [-0.4, -0.2) is 43.0 Å². The van der Waals surface area contributed by atoms with Crippen LogP contribution in [0.25, 0.3) is 55.2 Å². The van der Waals surface area contributed by atoms with Gasteiger partial charge in [-0.15, -0.1) is 11.3 Å². The number of ketones is 1. The number of ether oxygens (including phenoxy) is 1. The summed E-state index contributed by atoms with van der Waals surface area (Å²) in [6.07, 6.45) is 5.18. The van der Waals surface area contributed by atoms with Crippen molar-refractivity contribution in [3.63, 3.8) is 0 Å². The fourth-order valence-electron chi connectivity index (χ4n) is 3.96. The van der Waals surface area contributed by atoms with Gasteiger partial charge in [-0.25, -0.2) is 9.97 Å². The van der Waals surface area contributed by atoms with Gasteiger partial charge in [-0.3, -0.25) is 14.9 Å². The fraction of sp³-hybridized carbons (Fsp3) is 0.0800. The normalized spacial score (nSPS) is 11.4. The van der Waals surface area contributed by atoms with Gasteiger partial charge in [0.05, 0.1) is 35.1 Å². The van der Waals surface area contributed by atoms with E-state index in [1.807, 2.05) is 42.5 Å². The molecular weight excluding hydrogens is 448 g/mol. The van der Waals surface area contributed by atoms with Crippen LogP contribution in [0.3, 0.4) is 0 Å². The Morgan fingerprint density at radius 3 is 2.82 bits per heavy atom. The van der Waals surface area contributed by atoms with E-state index < -0.39 is 0 Å². The molecule has 166 valence electrons. The molecule has 6 heterocycles. The smallest absolute Gasteiger partial charge is 0.169 e. The first-order chi connectivity index (χ1) is 16.6. The number of carbonyl (C=O) groups excluding carboxylic acids is 1. The van der Waals surface area contributed by atoms with Crippen LogP contribution in [0.15, 0.2) is 61.1 Å². The molecule has 9 heteroatoms. The molecule has 6 rings (SSSR count). The lowest BCUT2D eigenvalue weighted by Crippen LogP contribution is -1.89. The van der Waals surface area contributed by atoms with Crippen LogP contribution in [0.5, 0.6) is 5.75 Å². The van der Waals surface area contributed by atoms with Crippen molar-refractivity contribution in [2.45, 2.75) is 6.92 Å². The summed E-state index contributed by atoms with van der Waals surface area (Å²) in [6, 6.07) is 13.6. The molecule has 34 heavy (non-hydrogen) atoms. The quantitative estimate of drug-likeness (QED) is 0.325. The van der Waals surface area contributed by atoms with E-state index >= 15 is 0 Å². The number of hydrogen-bond donors (Lipinski definition) is 2. The average molecular weight is 467 g/mol. The van der Waals surface area contributed by atoms with Gasteiger partial charge in [-0.05, 0) is 49.4 Å². The molecule has 2 N–H and O–H groups in total. The second-order valence-electron chi connectivity index (χ2n) is 7.80. The molecule has 0 aliphatic heterocycles. The van der Waals surface area contributed by atoms with Crippen LogP contribution >= 0.6 is 11.3 Å². The lowest BCUT2D eigenvalue weighted by Gasteiger charge is -2.04. The van der Waals surface area contributed by atoms with Crippen molar-refractivity contribution >= 4 is 39.2 Å². The highest BCUT2D eigenvalue weighted by molar-refractivity contribution is 7.17. The third-order valence-corrected chi connectivity index (χ3v) is 6.88. The fourth-order valence-corrected chi connectivity index (χ4v) is 4.90. The van der Waals surface area contributed by atoms with Crippen molar-refractivity contribution in [1.29, 1.82) is 0 Å². The zero-order valence-electron chi connectivity index (χ0n) is 18.3. The van der Waals surface area contributed by atoms with Crippen molar-refractivity contribution in [2.24, 2.45) is 0 Å². The first kappa shape index (κ1) is 20.3. The molecule has 0 saturated carbocycles. The summed E-state index contributed by atoms with van der Waals surface area (Å²) < 4.78 is 5.30. The highest BCUT2D eigenvalue weighted by Crippen LogP contribution is 2.36. The Bertz CT molecular complexity index is 1700. The topological polar surface area (TPSA) is 109 Å². The Balaban J connectivity index is 1.47. The molecule has 0 aromatic carbocycles. The van der Waals surface area contributed by atoms with Gasteiger partial charge in [0.1, 0.15) is 22.6 Å². The molecule has 0 amide bonds. The van der Waals surface area contributed by atoms with E-state index in [9.17, 15) is 4.79 Å². The third-order valence-electron chi connectivity index (χ3n) is 5.66. The predicted octanol–water partition coefficient (Wildman–Crippen LogP) is 5.50. The van der Waals surface area contributed by atoms with Gasteiger partial charge in [0.25, 0.3) is 0 Å². The van der Waals surface area contributed by atoms with Gasteiger partial charge in [0, 0.05) is 33.8 Å². The monoisotopic (exact) mass is 466 g/mol. The highest BCUT2D eigenvalue weighted by Gasteiger charge is 2.17. The van der Waals surface area contributed by atoms with E-state index in [0.717, 1.165) is 54.3 Å². The molecule has 8 nitrogen and oxygen atoms in total. The summed E-state index contributed by atoms with van der Waals surface area (Å²) in [5, 5.41) is 8.55. The number of Topliss-reactive ketones (excluding diaryl/α,β-unsaturated/α-hetero) is 1. The van der Waals surface area contributed by atoms with E-state index in [4.69, 9.17) is 9.72 Å². The van der Waals surface area contributed by atoms with Crippen LogP contribution in [0, 0.1) is 0 Å². The molecule has 0 bridgehead atoms. The number of pyridine rings is 3. The van der Waals surface area contributed by atoms with Gasteiger partial charge >= 0.3 is 0 Å². The number of aromatic amines is 2. The van der Waals surface area contributed by atoms with Crippen molar-refractivity contribution in [3.8, 4) is 38.8 Å². The molecular formula is C25H18N6O2S. The lowest BCUT2D eigenvalue weighted by atomic mass is 10.1. The molecule has 0 unspecified atom stereocenters. The Hall–Kier alpha value is -4.37. The Morgan fingerprint density at radius 1 is 1.09 bits per heavy atom. The number of thiophene rings is 1. The first-order valence-electron chi connectivity index (χ1n) is 10.5. The Labute approximate surface area is 197 Å². The zero-order valence-corrected chi connectivity index (χ0v) is 19.1. The van der Waals surface area contributed by atoms with E-state index in [-0.39, 0.29) is 5.78 Å². The Morgan fingerprint density at radius 2 is 2.00 bits per heavy atom. The SMILES string of the molecule is COc1cncc(-c2ccc3[nH]nc(-c4cc5c(-c6ccc(C(C)=O)s6)ccnc5[nH]4)c3n2)c1. The Kier molecular flexibility index (Phi) is 4.70. The van der Waals surface area contributed by atoms with Crippen molar-refractivity contribution in [2.75, 3.05) is 7.11 Å². The van der Waals surface area contributed by atoms with E-state index in [1.54, 1.807) is 32.6 Å². The summed E-state index contributed by atoms with van der Waals surface area (Å²) in [5.41, 5.74) is 6.45. The van der Waals surface area contributed by atoms with Crippen molar-refractivity contribution < 1.29 is 9.53 Å². The molecule has 6 aromatic rings. The summed E-state index contributed by atoms with van der Waals surface area (Å²) in [7, 11) is 1.61. The lowest BCUT2D eigenvalue weighted by molar-refractivity contribution is 0.102. The number of nitrogens with one attached hydrogen (secondary N) is 2. The minimum Gasteiger partial charge on any atom is -0.495 e. The standard InChI is InChI=1S/C25H18N6O2S/c1-13(32)21-5-6-22(34-21)16-7-8-27-25-17(16)10-20(29-25)24-23-19(30-31-24)4-3-18(28-23)14-9-15(33-2)12-26-11-14/h3-12H,1-2H3,(H,27,29)(H,30,31). The van der Waals surface area contributed by atoms with Crippen LogP contribution in [-0.2, 0) is 0 Å². The predicted molar refractivity (Wildman–Crippen MR) is 132 cm³/mol. The number of carbonyl (C=O) groups is 1. The molecule has 0 radical (unpaired) electrons. The van der Waals surface area contributed by atoms with Crippen LogP contribution in [0.4, 0.5) is 0 Å². The molecule has 0 aliphatic carbocycles. The molecule has 0 aliphatic rings. The van der Waals surface area contributed by atoms with Gasteiger partial charge in [-0.2, -0.15) is 5.10 Å². The maximum absolute atomic E-state index is 11.8. The van der Waals surface area contributed by atoms with Crippen molar-refractivity contribution in [1.82, 2.24) is 30.1 Å². The largest absolute Gasteiger partial charge is 0.495 e. The first-order valence-corrected chi connectivity index (χ1v) is 11.4. The molecule has 0 fully saturated rings. The molecule has 0 atom stereocenters. The van der Waals surface area contributed by atoms with Gasteiger partial charge in [0.15, 0.2) is 5.78 Å². The maximum atomic E-state index is 11.8. The van der Waals surface area contributed by atoms with Crippen LogP contribution in [0.1, 0.15) is 16.6 Å². The number of hydrogen-bond acceptors (Lipinski definition) is 7. The molecule has 0 spiro atoms. The summed E-state index contributed by atoms with van der Waals surface area (Å²) >= 11 is 1.48. The van der Waals surface area contributed by atoms with E-state index in [1.165, 1.54) is 11.3 Å². The third kappa shape index (κ3) is 3.34. The number of methoxy groups -OCH3 is 1. The van der Waals surface area contributed by atoms with E-state index in [0.29, 0.717) is 11.4 Å². The summed E-state index contributed by atoms with van der Waals surface area (Å²) in [5.74, 6) is 0.731.